The molecule has 0 radical (unpaired) electrons. The lowest BCUT2D eigenvalue weighted by molar-refractivity contribution is 1.30. The molecule has 0 aliphatic rings. The van der Waals surface area contributed by atoms with Crippen molar-refractivity contribution in [3.63, 3.8) is 0 Å². The molecule has 46 heavy (non-hydrogen) atoms. The van der Waals surface area contributed by atoms with Crippen LogP contribution in [0.4, 0.5) is 17.1 Å². The lowest BCUT2D eigenvalue weighted by atomic mass is 9.92. The summed E-state index contributed by atoms with van der Waals surface area (Å²) in [6, 6.07) is 63.7. The fourth-order valence-electron chi connectivity index (χ4n) is 6.90. The van der Waals surface area contributed by atoms with Crippen LogP contribution < -0.4 is 4.90 Å². The summed E-state index contributed by atoms with van der Waals surface area (Å²) in [5, 5.41) is 7.72. The van der Waals surface area contributed by atoms with E-state index in [0.717, 1.165) is 11.4 Å². The molecule has 1 aromatic heterocycles. The first-order valence-corrected chi connectivity index (χ1v) is 16.5. The van der Waals surface area contributed by atoms with Gasteiger partial charge in [0.2, 0.25) is 0 Å². The Morgan fingerprint density at radius 2 is 0.913 bits per heavy atom. The average molecular weight is 604 g/mol. The Labute approximate surface area is 272 Å². The first-order valence-electron chi connectivity index (χ1n) is 15.7. The second kappa shape index (κ2) is 11.0. The van der Waals surface area contributed by atoms with E-state index in [0.29, 0.717) is 0 Å². The van der Waals surface area contributed by atoms with E-state index in [2.05, 4.69) is 181 Å². The molecule has 0 amide bonds. The molecule has 0 bridgehead atoms. The van der Waals surface area contributed by atoms with Gasteiger partial charge in [-0.15, -0.1) is 11.3 Å². The van der Waals surface area contributed by atoms with E-state index in [9.17, 15) is 0 Å². The van der Waals surface area contributed by atoms with E-state index in [1.165, 1.54) is 69.7 Å². The molecule has 1 nitrogen and oxygen atoms in total. The van der Waals surface area contributed by atoms with Crippen molar-refractivity contribution in [3.05, 3.63) is 176 Å². The minimum Gasteiger partial charge on any atom is -0.309 e. The number of nitrogens with zero attached hydrogens (tertiary/aromatic N) is 1. The predicted octanol–water partition coefficient (Wildman–Crippen LogP) is 13.2. The standard InChI is InChI=1S/C44H29NS/c1-3-13-30(14-4-1)31-25-27-34(28-26-31)45(33-17-5-2-6-18-33)42-24-12-23-39-41-29-40(36-22-11-16-32-15-7-8-19-35(32)36)37-20-9-10-21-38(37)43(41)46-44(39)42/h1-29H. The highest BCUT2D eigenvalue weighted by atomic mass is 32.1. The molecule has 2 heteroatoms. The van der Waals surface area contributed by atoms with Gasteiger partial charge in [-0.3, -0.25) is 0 Å². The van der Waals surface area contributed by atoms with E-state index >= 15 is 0 Å². The van der Waals surface area contributed by atoms with Crippen molar-refractivity contribution in [1.29, 1.82) is 0 Å². The van der Waals surface area contributed by atoms with Crippen LogP contribution in [0.25, 0.3) is 64.0 Å². The number of para-hydroxylation sites is 1. The van der Waals surface area contributed by atoms with E-state index in [-0.39, 0.29) is 0 Å². The molecular formula is C44H29NS. The topological polar surface area (TPSA) is 3.24 Å². The molecule has 0 saturated carbocycles. The monoisotopic (exact) mass is 603 g/mol. The van der Waals surface area contributed by atoms with Crippen LogP contribution in [-0.4, -0.2) is 0 Å². The minimum atomic E-state index is 1.14. The maximum Gasteiger partial charge on any atom is 0.0640 e. The largest absolute Gasteiger partial charge is 0.309 e. The molecule has 0 atom stereocenters. The Balaban J connectivity index is 1.29. The Kier molecular flexibility index (Phi) is 6.40. The second-order valence-electron chi connectivity index (χ2n) is 11.7. The molecule has 0 aliphatic heterocycles. The van der Waals surface area contributed by atoms with E-state index in [4.69, 9.17) is 0 Å². The molecule has 1 heterocycles. The molecule has 9 rings (SSSR count). The highest BCUT2D eigenvalue weighted by Gasteiger charge is 2.20. The smallest absolute Gasteiger partial charge is 0.0640 e. The molecule has 0 saturated heterocycles. The molecule has 8 aromatic carbocycles. The van der Waals surface area contributed by atoms with Crippen LogP contribution in [0.3, 0.4) is 0 Å². The number of rotatable bonds is 5. The minimum absolute atomic E-state index is 1.14. The number of thiophene rings is 1. The summed E-state index contributed by atoms with van der Waals surface area (Å²) in [6.45, 7) is 0. The molecule has 0 unspecified atom stereocenters. The Bertz CT molecular complexity index is 2510. The summed E-state index contributed by atoms with van der Waals surface area (Å²) < 4.78 is 2.61. The molecular weight excluding hydrogens is 575 g/mol. The van der Waals surface area contributed by atoms with Crippen molar-refractivity contribution in [1.82, 2.24) is 0 Å². The molecule has 0 spiro atoms. The zero-order chi connectivity index (χ0) is 30.5. The summed E-state index contributed by atoms with van der Waals surface area (Å²) in [4.78, 5) is 2.40. The maximum absolute atomic E-state index is 2.43. The number of hydrogen-bond donors (Lipinski definition) is 0. The van der Waals surface area contributed by atoms with Gasteiger partial charge in [0, 0.05) is 32.2 Å². The van der Waals surface area contributed by atoms with Gasteiger partial charge in [0.05, 0.1) is 10.4 Å². The number of anilines is 3. The van der Waals surface area contributed by atoms with Crippen LogP contribution in [0.5, 0.6) is 0 Å². The van der Waals surface area contributed by atoms with Gasteiger partial charge in [-0.1, -0.05) is 140 Å². The van der Waals surface area contributed by atoms with Gasteiger partial charge >= 0.3 is 0 Å². The van der Waals surface area contributed by atoms with Crippen molar-refractivity contribution in [2.75, 3.05) is 4.90 Å². The third-order valence-corrected chi connectivity index (χ3v) is 10.3. The molecule has 216 valence electrons. The predicted molar refractivity (Wildman–Crippen MR) is 200 cm³/mol. The van der Waals surface area contributed by atoms with Crippen molar-refractivity contribution in [2.45, 2.75) is 0 Å². The van der Waals surface area contributed by atoms with Gasteiger partial charge in [-0.05, 0) is 74.8 Å². The fourth-order valence-corrected chi connectivity index (χ4v) is 8.22. The first-order chi connectivity index (χ1) is 22.8. The molecule has 0 fully saturated rings. The van der Waals surface area contributed by atoms with Gasteiger partial charge in [-0.25, -0.2) is 0 Å². The van der Waals surface area contributed by atoms with Crippen molar-refractivity contribution >= 4 is 70.1 Å². The van der Waals surface area contributed by atoms with E-state index in [1.54, 1.807) is 0 Å². The highest BCUT2D eigenvalue weighted by molar-refractivity contribution is 7.27. The van der Waals surface area contributed by atoms with Crippen LogP contribution in [0, 0.1) is 0 Å². The van der Waals surface area contributed by atoms with E-state index in [1.807, 2.05) is 11.3 Å². The Morgan fingerprint density at radius 1 is 0.348 bits per heavy atom. The van der Waals surface area contributed by atoms with Crippen molar-refractivity contribution in [3.8, 4) is 22.3 Å². The number of hydrogen-bond acceptors (Lipinski definition) is 2. The summed E-state index contributed by atoms with van der Waals surface area (Å²) in [5.41, 5.74) is 8.45. The van der Waals surface area contributed by atoms with Crippen LogP contribution in [0.15, 0.2) is 176 Å². The molecule has 9 aromatic rings. The van der Waals surface area contributed by atoms with Crippen LogP contribution >= 0.6 is 11.3 Å². The summed E-state index contributed by atoms with van der Waals surface area (Å²) in [6.07, 6.45) is 0. The maximum atomic E-state index is 2.43. The van der Waals surface area contributed by atoms with Crippen LogP contribution in [0.2, 0.25) is 0 Å². The zero-order valence-electron chi connectivity index (χ0n) is 25.1. The van der Waals surface area contributed by atoms with Gasteiger partial charge in [0.15, 0.2) is 0 Å². The van der Waals surface area contributed by atoms with Crippen molar-refractivity contribution in [2.24, 2.45) is 0 Å². The molecule has 0 N–H and O–H groups in total. The summed E-state index contributed by atoms with van der Waals surface area (Å²) in [5.74, 6) is 0. The van der Waals surface area contributed by atoms with Gasteiger partial charge < -0.3 is 4.90 Å². The van der Waals surface area contributed by atoms with Crippen molar-refractivity contribution < 1.29 is 0 Å². The second-order valence-corrected chi connectivity index (χ2v) is 12.7. The normalized spacial score (nSPS) is 11.5. The first kappa shape index (κ1) is 26.7. The quantitative estimate of drug-likeness (QED) is 0.189. The number of fused-ring (bicyclic) bond motifs is 6. The lowest BCUT2D eigenvalue weighted by Crippen LogP contribution is -2.09. The average Bonchev–Trinajstić information content (AvgIpc) is 3.52. The number of benzene rings is 8. The highest BCUT2D eigenvalue weighted by Crippen LogP contribution is 2.48. The third kappa shape index (κ3) is 4.38. The van der Waals surface area contributed by atoms with Crippen LogP contribution in [0.1, 0.15) is 0 Å². The molecule has 0 aliphatic carbocycles. The van der Waals surface area contributed by atoms with Gasteiger partial charge in [-0.2, -0.15) is 0 Å². The lowest BCUT2D eigenvalue weighted by Gasteiger charge is -2.26. The van der Waals surface area contributed by atoms with Gasteiger partial charge in [0.1, 0.15) is 0 Å². The van der Waals surface area contributed by atoms with Crippen LogP contribution in [-0.2, 0) is 0 Å². The fraction of sp³-hybridized carbons (Fsp3) is 0. The Morgan fingerprint density at radius 3 is 1.72 bits per heavy atom. The SMILES string of the molecule is c1ccc(-c2ccc(N(c3ccccc3)c3cccc4c3sc3c5ccccc5c(-c5cccc6ccccc56)cc43)cc2)cc1. The van der Waals surface area contributed by atoms with Gasteiger partial charge in [0.25, 0.3) is 0 Å². The summed E-state index contributed by atoms with van der Waals surface area (Å²) in [7, 11) is 0. The summed E-state index contributed by atoms with van der Waals surface area (Å²) >= 11 is 1.90. The zero-order valence-corrected chi connectivity index (χ0v) is 25.9. The third-order valence-electron chi connectivity index (χ3n) is 9.05. The Hall–Kier alpha value is -5.70. The van der Waals surface area contributed by atoms with E-state index < -0.39 is 0 Å².